The summed E-state index contributed by atoms with van der Waals surface area (Å²) < 4.78 is 7.24. The minimum atomic E-state index is -0.799. The van der Waals surface area contributed by atoms with Crippen LogP contribution >= 0.6 is 0 Å². The van der Waals surface area contributed by atoms with Crippen molar-refractivity contribution >= 4 is 16.8 Å². The predicted octanol–water partition coefficient (Wildman–Crippen LogP) is 3.21. The molecular weight excluding hydrogens is 302 g/mol. The molecule has 5 nitrogen and oxygen atoms in total. The van der Waals surface area contributed by atoms with Crippen LogP contribution in [0.3, 0.4) is 0 Å². The number of aromatic nitrogens is 2. The Morgan fingerprint density at radius 1 is 1.21 bits per heavy atom. The van der Waals surface area contributed by atoms with Crippen molar-refractivity contribution in [1.29, 1.82) is 5.26 Å². The molecule has 118 valence electrons. The molecule has 0 bridgehead atoms. The zero-order valence-corrected chi connectivity index (χ0v) is 13.1. The molecule has 0 amide bonds. The lowest BCUT2D eigenvalue weighted by Crippen LogP contribution is -2.29. The van der Waals surface area contributed by atoms with Crippen LogP contribution in [0.25, 0.3) is 11.0 Å². The minimum Gasteiger partial charge on any atom is -0.497 e. The number of ether oxygens (including phenoxy) is 1. The first-order valence-electron chi connectivity index (χ1n) is 7.76. The molecule has 1 unspecified atom stereocenters. The Hall–Kier alpha value is -3.13. The van der Waals surface area contributed by atoms with Crippen molar-refractivity contribution in [3.63, 3.8) is 0 Å². The number of para-hydroxylation sites is 2. The highest BCUT2D eigenvalue weighted by Gasteiger charge is 2.37. The Labute approximate surface area is 139 Å². The Bertz CT molecular complexity index is 966. The molecule has 0 radical (unpaired) electrons. The summed E-state index contributed by atoms with van der Waals surface area (Å²) in [6, 6.07) is 17.4. The van der Waals surface area contributed by atoms with Gasteiger partial charge in [0.2, 0.25) is 0 Å². The molecule has 0 saturated heterocycles. The second-order valence-electron chi connectivity index (χ2n) is 5.85. The lowest BCUT2D eigenvalue weighted by Gasteiger charge is -2.28. The van der Waals surface area contributed by atoms with Gasteiger partial charge in [-0.1, -0.05) is 24.3 Å². The molecule has 5 heteroatoms. The lowest BCUT2D eigenvalue weighted by atomic mass is 9.90. The molecule has 2 heterocycles. The summed E-state index contributed by atoms with van der Waals surface area (Å²) >= 11 is 0. The number of imidazole rings is 1. The number of nitriles is 1. The quantitative estimate of drug-likeness (QED) is 0.728. The molecule has 0 N–H and O–H groups in total. The summed E-state index contributed by atoms with van der Waals surface area (Å²) in [5.41, 5.74) is 2.76. The van der Waals surface area contributed by atoms with Crippen molar-refractivity contribution in [3.05, 3.63) is 59.9 Å². The molecule has 0 fully saturated rings. The molecule has 1 aromatic heterocycles. The maximum absolute atomic E-state index is 12.5. The number of hydrogen-bond donors (Lipinski definition) is 0. The van der Waals surface area contributed by atoms with E-state index < -0.39 is 5.92 Å². The van der Waals surface area contributed by atoms with E-state index in [1.807, 2.05) is 53.1 Å². The lowest BCUT2D eigenvalue weighted by molar-refractivity contribution is -0.120. The van der Waals surface area contributed by atoms with Crippen LogP contribution in [0.1, 0.15) is 29.8 Å². The predicted molar refractivity (Wildman–Crippen MR) is 88.8 cm³/mol. The van der Waals surface area contributed by atoms with E-state index in [1.54, 1.807) is 7.11 Å². The summed E-state index contributed by atoms with van der Waals surface area (Å²) in [5.74, 6) is 0.426. The fraction of sp³-hybridized carbons (Fsp3) is 0.211. The third-order valence-electron chi connectivity index (χ3n) is 4.54. The molecular formula is C19H15N3O2. The third-order valence-corrected chi connectivity index (χ3v) is 4.54. The second-order valence-corrected chi connectivity index (χ2v) is 5.85. The fourth-order valence-corrected chi connectivity index (χ4v) is 3.36. The number of fused-ring (bicyclic) bond motifs is 3. The normalized spacial score (nSPS) is 19.8. The third kappa shape index (κ3) is 2.08. The van der Waals surface area contributed by atoms with E-state index in [2.05, 4.69) is 11.1 Å². The van der Waals surface area contributed by atoms with E-state index in [9.17, 15) is 10.1 Å². The number of hydrogen-bond acceptors (Lipinski definition) is 4. The zero-order chi connectivity index (χ0) is 16.7. The summed E-state index contributed by atoms with van der Waals surface area (Å²) in [7, 11) is 1.62. The average molecular weight is 317 g/mol. The number of methoxy groups -OCH3 is 1. The van der Waals surface area contributed by atoms with Crippen molar-refractivity contribution in [2.24, 2.45) is 0 Å². The SMILES string of the molecule is COc1ccc([C@@H]2CC(=O)C(C#N)c3nc4ccccc4n32)cc1. The summed E-state index contributed by atoms with van der Waals surface area (Å²) in [6.07, 6.45) is 0.290. The highest BCUT2D eigenvalue weighted by atomic mass is 16.5. The van der Waals surface area contributed by atoms with Gasteiger partial charge in [0.05, 0.1) is 30.3 Å². The molecule has 0 spiro atoms. The number of ketones is 1. The molecule has 1 aliphatic heterocycles. The maximum Gasteiger partial charge on any atom is 0.162 e. The number of nitrogens with zero attached hydrogens (tertiary/aromatic N) is 3. The molecule has 1 aliphatic rings. The van der Waals surface area contributed by atoms with Gasteiger partial charge < -0.3 is 9.30 Å². The van der Waals surface area contributed by atoms with Crippen LogP contribution in [0.2, 0.25) is 0 Å². The van der Waals surface area contributed by atoms with Gasteiger partial charge in [-0.2, -0.15) is 5.26 Å². The number of Topliss-reactive ketones (excluding diaryl/α,β-unsaturated/α-hetero) is 1. The standard InChI is InChI=1S/C19H15N3O2/c1-24-13-8-6-12(7-9-13)17-10-18(23)14(11-20)19-21-15-4-2-3-5-16(15)22(17)19/h2-9,14,17H,10H2,1H3/t14?,17-/m0/s1. The number of carbonyl (C=O) groups excluding carboxylic acids is 1. The van der Waals surface area contributed by atoms with Gasteiger partial charge in [-0.25, -0.2) is 4.98 Å². The Morgan fingerprint density at radius 2 is 1.96 bits per heavy atom. The molecule has 4 rings (SSSR count). The van der Waals surface area contributed by atoms with E-state index in [4.69, 9.17) is 4.74 Å². The van der Waals surface area contributed by atoms with Crippen LogP contribution in [-0.2, 0) is 4.79 Å². The number of rotatable bonds is 2. The highest BCUT2D eigenvalue weighted by molar-refractivity contribution is 5.91. The monoisotopic (exact) mass is 317 g/mol. The van der Waals surface area contributed by atoms with Crippen LogP contribution in [0.15, 0.2) is 48.5 Å². The van der Waals surface area contributed by atoms with Gasteiger partial charge >= 0.3 is 0 Å². The van der Waals surface area contributed by atoms with Crippen molar-refractivity contribution in [2.45, 2.75) is 18.4 Å². The number of carbonyl (C=O) groups is 1. The van der Waals surface area contributed by atoms with Crippen molar-refractivity contribution in [1.82, 2.24) is 9.55 Å². The van der Waals surface area contributed by atoms with Crippen molar-refractivity contribution in [2.75, 3.05) is 7.11 Å². The summed E-state index contributed by atoms with van der Waals surface area (Å²) in [4.78, 5) is 17.0. The first-order valence-corrected chi connectivity index (χ1v) is 7.76. The van der Waals surface area contributed by atoms with Crippen LogP contribution < -0.4 is 4.74 Å². The Kier molecular flexibility index (Phi) is 3.31. The zero-order valence-electron chi connectivity index (χ0n) is 13.1. The first kappa shape index (κ1) is 14.5. The van der Waals surface area contributed by atoms with Crippen LogP contribution in [0.5, 0.6) is 5.75 Å². The molecule has 3 aromatic rings. The van der Waals surface area contributed by atoms with E-state index in [0.717, 1.165) is 22.3 Å². The van der Waals surface area contributed by atoms with Crippen molar-refractivity contribution in [3.8, 4) is 11.8 Å². The summed E-state index contributed by atoms with van der Waals surface area (Å²) in [5, 5.41) is 9.42. The topological polar surface area (TPSA) is 67.9 Å². The van der Waals surface area contributed by atoms with E-state index in [0.29, 0.717) is 5.82 Å². The molecule has 2 atom stereocenters. The van der Waals surface area contributed by atoms with E-state index in [1.165, 1.54) is 0 Å². The fourth-order valence-electron chi connectivity index (χ4n) is 3.36. The van der Waals surface area contributed by atoms with Crippen LogP contribution in [0, 0.1) is 11.3 Å². The van der Waals surface area contributed by atoms with Gasteiger partial charge in [0.1, 0.15) is 11.6 Å². The van der Waals surface area contributed by atoms with E-state index in [-0.39, 0.29) is 18.2 Å². The van der Waals surface area contributed by atoms with Crippen LogP contribution in [-0.4, -0.2) is 22.4 Å². The number of benzene rings is 2. The van der Waals surface area contributed by atoms with Gasteiger partial charge in [-0.15, -0.1) is 0 Å². The molecule has 24 heavy (non-hydrogen) atoms. The first-order chi connectivity index (χ1) is 11.7. The van der Waals surface area contributed by atoms with Crippen LogP contribution in [0.4, 0.5) is 0 Å². The average Bonchev–Trinajstić information content (AvgIpc) is 3.00. The molecule has 2 aromatic carbocycles. The van der Waals surface area contributed by atoms with Gasteiger partial charge in [0.15, 0.2) is 11.7 Å². The van der Waals surface area contributed by atoms with Gasteiger partial charge in [-0.3, -0.25) is 4.79 Å². The van der Waals surface area contributed by atoms with Gasteiger partial charge in [0, 0.05) is 6.42 Å². The largest absolute Gasteiger partial charge is 0.497 e. The second kappa shape index (κ2) is 5.50. The Morgan fingerprint density at radius 3 is 2.67 bits per heavy atom. The molecule has 0 saturated carbocycles. The minimum absolute atomic E-state index is 0.0823. The Balaban J connectivity index is 1.93. The smallest absolute Gasteiger partial charge is 0.162 e. The molecule has 0 aliphatic carbocycles. The highest BCUT2D eigenvalue weighted by Crippen LogP contribution is 2.38. The van der Waals surface area contributed by atoms with E-state index >= 15 is 0 Å². The van der Waals surface area contributed by atoms with Crippen molar-refractivity contribution < 1.29 is 9.53 Å². The van der Waals surface area contributed by atoms with Gasteiger partial charge in [-0.05, 0) is 29.8 Å². The maximum atomic E-state index is 12.5. The van der Waals surface area contributed by atoms with Gasteiger partial charge in [0.25, 0.3) is 0 Å². The summed E-state index contributed by atoms with van der Waals surface area (Å²) in [6.45, 7) is 0.